The Morgan fingerprint density at radius 2 is 2.03 bits per heavy atom. The van der Waals surface area contributed by atoms with Gasteiger partial charge in [0.15, 0.2) is 0 Å². The van der Waals surface area contributed by atoms with E-state index in [-0.39, 0.29) is 18.2 Å². The summed E-state index contributed by atoms with van der Waals surface area (Å²) in [4.78, 5) is 40.9. The largest absolute Gasteiger partial charge is 0.356 e. The summed E-state index contributed by atoms with van der Waals surface area (Å²) >= 11 is 6.19. The fourth-order valence-electron chi connectivity index (χ4n) is 4.16. The Balaban J connectivity index is 1.42. The van der Waals surface area contributed by atoms with Gasteiger partial charge in [0.2, 0.25) is 11.8 Å². The highest BCUT2D eigenvalue weighted by atomic mass is 35.5. The minimum Gasteiger partial charge on any atom is -0.356 e. The Kier molecular flexibility index (Phi) is 6.66. The van der Waals surface area contributed by atoms with Crippen LogP contribution in [0.4, 0.5) is 0 Å². The number of halogens is 1. The number of piperidine rings is 1. The summed E-state index contributed by atoms with van der Waals surface area (Å²) in [5.74, 6) is -0.791. The van der Waals surface area contributed by atoms with Crippen molar-refractivity contribution >= 4 is 40.2 Å². The molecule has 168 valence electrons. The van der Waals surface area contributed by atoms with Crippen molar-refractivity contribution in [1.82, 2.24) is 20.9 Å². The predicted octanol–water partition coefficient (Wildman–Crippen LogP) is 2.64. The molecule has 1 aromatic carbocycles. The minimum absolute atomic E-state index is 0.0777. The number of hydrogen-bond acceptors (Lipinski definition) is 4. The number of carbonyl (C=O) groups is 3. The molecular formula is C23H26ClN5O3. The van der Waals surface area contributed by atoms with E-state index in [1.165, 1.54) is 0 Å². The molecule has 1 saturated carbocycles. The molecule has 1 aliphatic heterocycles. The third-order valence-corrected chi connectivity index (χ3v) is 6.44. The lowest BCUT2D eigenvalue weighted by atomic mass is 9.92. The van der Waals surface area contributed by atoms with Crippen LogP contribution in [0.3, 0.4) is 0 Å². The zero-order chi connectivity index (χ0) is 22.7. The number of amides is 3. The number of hydrogen-bond donors (Lipinski definition) is 4. The van der Waals surface area contributed by atoms with Crippen LogP contribution >= 0.6 is 11.6 Å². The first-order valence-corrected chi connectivity index (χ1v) is 11.4. The van der Waals surface area contributed by atoms with E-state index in [1.807, 2.05) is 6.07 Å². The summed E-state index contributed by atoms with van der Waals surface area (Å²) < 4.78 is 0. The quantitative estimate of drug-likeness (QED) is 0.488. The molecule has 2 fully saturated rings. The molecule has 0 radical (unpaired) electrons. The molecule has 8 nitrogen and oxygen atoms in total. The molecule has 0 unspecified atom stereocenters. The summed E-state index contributed by atoms with van der Waals surface area (Å²) in [6, 6.07) is 7.63. The first kappa shape index (κ1) is 22.2. The van der Waals surface area contributed by atoms with E-state index in [0.717, 1.165) is 24.6 Å². The van der Waals surface area contributed by atoms with Crippen LogP contribution in [0.15, 0.2) is 24.3 Å². The van der Waals surface area contributed by atoms with Crippen molar-refractivity contribution in [1.29, 1.82) is 5.26 Å². The van der Waals surface area contributed by atoms with Gasteiger partial charge >= 0.3 is 0 Å². The van der Waals surface area contributed by atoms with Crippen molar-refractivity contribution in [3.8, 4) is 6.07 Å². The van der Waals surface area contributed by atoms with Crippen LogP contribution in [0.1, 0.15) is 49.0 Å². The first-order valence-electron chi connectivity index (χ1n) is 11.0. The van der Waals surface area contributed by atoms with Crippen LogP contribution in [0.2, 0.25) is 5.02 Å². The van der Waals surface area contributed by atoms with Crippen LogP contribution in [0.5, 0.6) is 0 Å². The molecular weight excluding hydrogens is 430 g/mol. The normalized spacial score (nSPS) is 20.1. The van der Waals surface area contributed by atoms with Crippen molar-refractivity contribution in [3.63, 3.8) is 0 Å². The molecule has 4 N–H and O–H groups in total. The zero-order valence-electron chi connectivity index (χ0n) is 17.6. The van der Waals surface area contributed by atoms with Gasteiger partial charge in [-0.1, -0.05) is 36.6 Å². The third-order valence-electron chi connectivity index (χ3n) is 6.13. The number of aromatic amines is 1. The molecule has 1 saturated heterocycles. The van der Waals surface area contributed by atoms with Gasteiger partial charge in [-0.25, -0.2) is 0 Å². The molecule has 4 rings (SSSR count). The number of carbonyl (C=O) groups excluding carboxylic acids is 3. The van der Waals surface area contributed by atoms with Gasteiger partial charge in [0.05, 0.1) is 16.6 Å². The SMILES string of the molecule is N#C[C@H](C[C@@H]1CCCNC1=O)NC(=O)[C@@H](CC1CC1)NC(=O)c1cc2cccc(Cl)c2[nH]1. The van der Waals surface area contributed by atoms with Gasteiger partial charge in [-0.3, -0.25) is 14.4 Å². The Labute approximate surface area is 191 Å². The summed E-state index contributed by atoms with van der Waals surface area (Å²) in [7, 11) is 0. The van der Waals surface area contributed by atoms with Crippen molar-refractivity contribution < 1.29 is 14.4 Å². The number of nitrogens with one attached hydrogen (secondary N) is 4. The highest BCUT2D eigenvalue weighted by Gasteiger charge is 2.33. The second kappa shape index (κ2) is 9.61. The van der Waals surface area contributed by atoms with E-state index in [4.69, 9.17) is 11.6 Å². The zero-order valence-corrected chi connectivity index (χ0v) is 18.4. The van der Waals surface area contributed by atoms with Crippen LogP contribution in [0.25, 0.3) is 10.9 Å². The average molecular weight is 456 g/mol. The molecule has 0 bridgehead atoms. The Morgan fingerprint density at radius 3 is 2.72 bits per heavy atom. The molecule has 32 heavy (non-hydrogen) atoms. The number of nitrogens with zero attached hydrogens (tertiary/aromatic N) is 1. The van der Waals surface area contributed by atoms with Crippen molar-refractivity contribution in [2.45, 2.75) is 50.6 Å². The van der Waals surface area contributed by atoms with Gasteiger partial charge in [-0.05, 0) is 43.7 Å². The molecule has 3 atom stereocenters. The van der Waals surface area contributed by atoms with Gasteiger partial charge in [-0.2, -0.15) is 5.26 Å². The standard InChI is InChI=1S/C23H26ClN5O3/c24-17-5-1-3-14-11-19(28-20(14)17)23(32)29-18(9-13-6-7-13)22(31)27-16(12-25)10-15-4-2-8-26-21(15)30/h1,3,5,11,13,15-16,18,28H,2,4,6-10H2,(H,26,30)(H,27,31)(H,29,32)/t15-,16-,18+/m0/s1. The topological polar surface area (TPSA) is 127 Å². The maximum Gasteiger partial charge on any atom is 0.268 e. The van der Waals surface area contributed by atoms with Crippen molar-refractivity contribution in [3.05, 3.63) is 35.0 Å². The number of para-hydroxylation sites is 1. The van der Waals surface area contributed by atoms with Gasteiger partial charge < -0.3 is 20.9 Å². The van der Waals surface area contributed by atoms with E-state index >= 15 is 0 Å². The predicted molar refractivity (Wildman–Crippen MR) is 120 cm³/mol. The van der Waals surface area contributed by atoms with Gasteiger partial charge in [0, 0.05) is 17.8 Å². The molecule has 0 spiro atoms. The minimum atomic E-state index is -0.790. The maximum atomic E-state index is 13.0. The van der Waals surface area contributed by atoms with Crippen LogP contribution < -0.4 is 16.0 Å². The van der Waals surface area contributed by atoms with Crippen LogP contribution in [-0.4, -0.2) is 41.3 Å². The van der Waals surface area contributed by atoms with Crippen LogP contribution in [-0.2, 0) is 9.59 Å². The first-order chi connectivity index (χ1) is 15.4. The second-order valence-corrected chi connectivity index (χ2v) is 9.06. The molecule has 2 heterocycles. The van der Waals surface area contributed by atoms with E-state index in [9.17, 15) is 19.6 Å². The lowest BCUT2D eigenvalue weighted by Crippen LogP contribution is -2.50. The van der Waals surface area contributed by atoms with Gasteiger partial charge in [0.25, 0.3) is 5.91 Å². The number of benzene rings is 1. The van der Waals surface area contributed by atoms with E-state index in [2.05, 4.69) is 27.0 Å². The highest BCUT2D eigenvalue weighted by molar-refractivity contribution is 6.35. The third kappa shape index (κ3) is 5.22. The fraction of sp³-hybridized carbons (Fsp3) is 0.478. The lowest BCUT2D eigenvalue weighted by molar-refractivity contribution is -0.128. The van der Waals surface area contributed by atoms with Gasteiger partial charge in [-0.15, -0.1) is 0 Å². The Bertz CT molecular complexity index is 1070. The summed E-state index contributed by atoms with van der Waals surface area (Å²) in [5, 5.41) is 19.2. The van der Waals surface area contributed by atoms with Crippen molar-refractivity contribution in [2.75, 3.05) is 6.54 Å². The molecule has 1 aromatic heterocycles. The summed E-state index contributed by atoms with van der Waals surface area (Å²) in [6.45, 7) is 0.646. The lowest BCUT2D eigenvalue weighted by Gasteiger charge is -2.25. The number of aromatic nitrogens is 1. The highest BCUT2D eigenvalue weighted by Crippen LogP contribution is 2.33. The van der Waals surface area contributed by atoms with E-state index in [1.54, 1.807) is 18.2 Å². The van der Waals surface area contributed by atoms with E-state index in [0.29, 0.717) is 41.5 Å². The number of fused-ring (bicyclic) bond motifs is 1. The smallest absolute Gasteiger partial charge is 0.268 e. The molecule has 2 aromatic rings. The molecule has 3 amide bonds. The summed E-state index contributed by atoms with van der Waals surface area (Å²) in [6.07, 6.45) is 4.37. The summed E-state index contributed by atoms with van der Waals surface area (Å²) in [5.41, 5.74) is 0.982. The number of rotatable bonds is 8. The van der Waals surface area contributed by atoms with Crippen LogP contribution in [0, 0.1) is 23.2 Å². The molecule has 2 aliphatic rings. The maximum absolute atomic E-state index is 13.0. The second-order valence-electron chi connectivity index (χ2n) is 8.65. The fourth-order valence-corrected chi connectivity index (χ4v) is 4.39. The molecule has 9 heteroatoms. The van der Waals surface area contributed by atoms with Gasteiger partial charge in [0.1, 0.15) is 17.8 Å². The Morgan fingerprint density at radius 1 is 1.22 bits per heavy atom. The number of nitriles is 1. The number of H-pyrrole nitrogens is 1. The average Bonchev–Trinajstić information content (AvgIpc) is 3.48. The Hall–Kier alpha value is -3.05. The monoisotopic (exact) mass is 455 g/mol. The van der Waals surface area contributed by atoms with E-state index < -0.39 is 23.9 Å². The molecule has 1 aliphatic carbocycles. The van der Waals surface area contributed by atoms with Crippen molar-refractivity contribution in [2.24, 2.45) is 11.8 Å².